The van der Waals surface area contributed by atoms with Crippen LogP contribution in [-0.4, -0.2) is 88.3 Å². The molecule has 0 spiro atoms. The summed E-state index contributed by atoms with van der Waals surface area (Å²) in [4.78, 5) is 43.1. The van der Waals surface area contributed by atoms with Crippen molar-refractivity contribution in [1.29, 1.82) is 0 Å². The molecule has 0 heterocycles. The SMILES string of the molecule is CN(C)C1C(=O)C(N(C)C)C2CC3Cc4cccc(O)c4C(O)=C3C(=O)C2(O)C1=O. The van der Waals surface area contributed by atoms with Gasteiger partial charge in [-0.05, 0) is 58.6 Å². The predicted molar refractivity (Wildman–Crippen MR) is 108 cm³/mol. The second kappa shape index (κ2) is 6.73. The zero-order valence-corrected chi connectivity index (χ0v) is 17.4. The molecule has 8 heteroatoms. The minimum Gasteiger partial charge on any atom is -0.507 e. The van der Waals surface area contributed by atoms with Gasteiger partial charge in [-0.3, -0.25) is 24.2 Å². The van der Waals surface area contributed by atoms with Crippen LogP contribution in [0.25, 0.3) is 5.76 Å². The molecule has 2 fully saturated rings. The Morgan fingerprint density at radius 2 is 1.70 bits per heavy atom. The third-order valence-electron chi connectivity index (χ3n) is 6.80. The zero-order valence-electron chi connectivity index (χ0n) is 17.4. The number of carbonyl (C=O) groups is 3. The Kier molecular flexibility index (Phi) is 4.65. The number of fused-ring (bicyclic) bond motifs is 3. The summed E-state index contributed by atoms with van der Waals surface area (Å²) in [5, 5.41) is 32.7. The summed E-state index contributed by atoms with van der Waals surface area (Å²) in [6, 6.07) is 2.75. The topological polar surface area (TPSA) is 118 Å². The van der Waals surface area contributed by atoms with Crippen molar-refractivity contribution in [3.63, 3.8) is 0 Å². The highest BCUT2D eigenvalue weighted by molar-refractivity contribution is 6.28. The van der Waals surface area contributed by atoms with Crippen molar-refractivity contribution < 1.29 is 29.7 Å². The monoisotopic (exact) mass is 414 g/mol. The van der Waals surface area contributed by atoms with Gasteiger partial charge in [0.15, 0.2) is 17.2 Å². The van der Waals surface area contributed by atoms with E-state index in [2.05, 4.69) is 0 Å². The van der Waals surface area contributed by atoms with Crippen molar-refractivity contribution in [2.45, 2.75) is 30.5 Å². The first-order valence-electron chi connectivity index (χ1n) is 9.94. The third-order valence-corrected chi connectivity index (χ3v) is 6.80. The molecule has 5 atom stereocenters. The van der Waals surface area contributed by atoms with Gasteiger partial charge in [-0.25, -0.2) is 0 Å². The van der Waals surface area contributed by atoms with Gasteiger partial charge in [-0.2, -0.15) is 0 Å². The molecule has 160 valence electrons. The van der Waals surface area contributed by atoms with Gasteiger partial charge in [-0.1, -0.05) is 12.1 Å². The maximum Gasteiger partial charge on any atom is 0.202 e. The number of phenolic OH excluding ortho intramolecular Hbond substituents is 1. The normalized spacial score (nSPS) is 33.6. The quantitative estimate of drug-likeness (QED) is 0.586. The lowest BCUT2D eigenvalue weighted by Crippen LogP contribution is -2.74. The molecule has 8 nitrogen and oxygen atoms in total. The van der Waals surface area contributed by atoms with E-state index < -0.39 is 46.8 Å². The predicted octanol–water partition coefficient (Wildman–Crippen LogP) is 0.166. The molecule has 1 aromatic carbocycles. The lowest BCUT2D eigenvalue weighted by Gasteiger charge is -2.52. The maximum atomic E-state index is 13.6. The first kappa shape index (κ1) is 20.7. The average molecular weight is 414 g/mol. The van der Waals surface area contributed by atoms with E-state index in [0.717, 1.165) is 0 Å². The number of phenols is 1. The second-order valence-electron chi connectivity index (χ2n) is 8.95. The van der Waals surface area contributed by atoms with Crippen LogP contribution in [0.15, 0.2) is 23.8 Å². The number of hydrogen-bond donors (Lipinski definition) is 3. The Bertz CT molecular complexity index is 997. The zero-order chi connectivity index (χ0) is 22.1. The van der Waals surface area contributed by atoms with Gasteiger partial charge < -0.3 is 15.3 Å². The Morgan fingerprint density at radius 1 is 1.03 bits per heavy atom. The summed E-state index contributed by atoms with van der Waals surface area (Å²) < 4.78 is 0. The summed E-state index contributed by atoms with van der Waals surface area (Å²) in [5.41, 5.74) is -1.62. The van der Waals surface area contributed by atoms with Crippen molar-refractivity contribution in [3.05, 3.63) is 34.9 Å². The van der Waals surface area contributed by atoms with Gasteiger partial charge in [0.2, 0.25) is 5.78 Å². The van der Waals surface area contributed by atoms with E-state index in [1.165, 1.54) is 11.0 Å². The minimum absolute atomic E-state index is 0.0412. The Labute approximate surface area is 174 Å². The van der Waals surface area contributed by atoms with Crippen molar-refractivity contribution in [2.24, 2.45) is 11.8 Å². The van der Waals surface area contributed by atoms with Gasteiger partial charge in [0, 0.05) is 11.5 Å². The van der Waals surface area contributed by atoms with Crippen LogP contribution in [-0.2, 0) is 20.8 Å². The number of benzene rings is 1. The number of aromatic hydroxyl groups is 1. The molecule has 5 unspecified atom stereocenters. The lowest BCUT2D eigenvalue weighted by atomic mass is 9.56. The number of aliphatic hydroxyl groups excluding tert-OH is 1. The average Bonchev–Trinajstić information content (AvgIpc) is 2.64. The highest BCUT2D eigenvalue weighted by Crippen LogP contribution is 2.50. The standard InChI is InChI=1S/C22H26N2O6/c1-23(2)16-12-9-11-8-10-6-5-7-13(25)14(10)18(26)15(11)20(28)22(12,30)21(29)17(19(16)27)24(3)4/h5-7,11-12,16-17,25-26,30H,8-9H2,1-4H3. The summed E-state index contributed by atoms with van der Waals surface area (Å²) in [7, 11) is 6.48. The van der Waals surface area contributed by atoms with E-state index in [9.17, 15) is 29.7 Å². The van der Waals surface area contributed by atoms with E-state index in [1.807, 2.05) is 0 Å². The van der Waals surface area contributed by atoms with E-state index in [0.29, 0.717) is 12.0 Å². The number of carbonyl (C=O) groups excluding carboxylic acids is 3. The van der Waals surface area contributed by atoms with Crippen LogP contribution in [0, 0.1) is 11.8 Å². The molecular formula is C22H26N2O6. The van der Waals surface area contributed by atoms with Crippen molar-refractivity contribution in [1.82, 2.24) is 9.80 Å². The molecule has 0 radical (unpaired) electrons. The smallest absolute Gasteiger partial charge is 0.202 e. The molecule has 0 saturated heterocycles. The molecule has 30 heavy (non-hydrogen) atoms. The van der Waals surface area contributed by atoms with Gasteiger partial charge in [0.1, 0.15) is 17.6 Å². The van der Waals surface area contributed by atoms with Gasteiger partial charge >= 0.3 is 0 Å². The van der Waals surface area contributed by atoms with Crippen LogP contribution >= 0.6 is 0 Å². The molecule has 1 aromatic rings. The number of rotatable bonds is 2. The number of likely N-dealkylation sites (N-methyl/N-ethyl adjacent to an activating group) is 2. The van der Waals surface area contributed by atoms with Crippen LogP contribution in [0.1, 0.15) is 17.5 Å². The molecule has 3 N–H and O–H groups in total. The lowest BCUT2D eigenvalue weighted by molar-refractivity contribution is -0.175. The number of aliphatic hydroxyl groups is 2. The fourth-order valence-electron chi connectivity index (χ4n) is 5.52. The second-order valence-corrected chi connectivity index (χ2v) is 8.95. The van der Waals surface area contributed by atoms with Crippen LogP contribution < -0.4 is 0 Å². The number of Topliss-reactive ketones (excluding diaryl/α,β-unsaturated/α-hetero) is 3. The molecular weight excluding hydrogens is 388 g/mol. The van der Waals surface area contributed by atoms with E-state index in [-0.39, 0.29) is 29.1 Å². The highest BCUT2D eigenvalue weighted by atomic mass is 16.3. The fourth-order valence-corrected chi connectivity index (χ4v) is 5.52. The first-order valence-corrected chi connectivity index (χ1v) is 9.94. The van der Waals surface area contributed by atoms with Crippen LogP contribution in [0.3, 0.4) is 0 Å². The minimum atomic E-state index is -2.42. The van der Waals surface area contributed by atoms with Gasteiger partial charge in [0.25, 0.3) is 0 Å². The molecule has 3 aliphatic rings. The van der Waals surface area contributed by atoms with Crippen LogP contribution in [0.5, 0.6) is 5.75 Å². The van der Waals surface area contributed by atoms with Crippen molar-refractivity contribution >= 4 is 23.1 Å². The number of hydrogen-bond acceptors (Lipinski definition) is 8. The molecule has 0 aliphatic heterocycles. The van der Waals surface area contributed by atoms with Gasteiger partial charge in [-0.15, -0.1) is 0 Å². The Hall–Kier alpha value is -2.55. The third kappa shape index (κ3) is 2.54. The molecule has 2 saturated carbocycles. The summed E-state index contributed by atoms with van der Waals surface area (Å²) in [6.07, 6.45) is 0.554. The van der Waals surface area contributed by atoms with E-state index in [1.54, 1.807) is 45.2 Å². The molecule has 3 aliphatic carbocycles. The van der Waals surface area contributed by atoms with E-state index >= 15 is 0 Å². The van der Waals surface area contributed by atoms with Crippen LogP contribution in [0.2, 0.25) is 0 Å². The molecule has 4 rings (SSSR count). The molecule has 0 bridgehead atoms. The molecule has 0 amide bonds. The Balaban J connectivity index is 1.92. The van der Waals surface area contributed by atoms with Crippen molar-refractivity contribution in [2.75, 3.05) is 28.2 Å². The maximum absolute atomic E-state index is 13.6. The fraction of sp³-hybridized carbons (Fsp3) is 0.500. The van der Waals surface area contributed by atoms with Crippen LogP contribution in [0.4, 0.5) is 0 Å². The Morgan fingerprint density at radius 3 is 2.30 bits per heavy atom. The number of nitrogens with zero attached hydrogens (tertiary/aromatic N) is 2. The summed E-state index contributed by atoms with van der Waals surface area (Å²) in [6.45, 7) is 0. The first-order chi connectivity index (χ1) is 14.0. The van der Waals surface area contributed by atoms with Crippen molar-refractivity contribution in [3.8, 4) is 5.75 Å². The molecule has 0 aromatic heterocycles. The van der Waals surface area contributed by atoms with E-state index in [4.69, 9.17) is 0 Å². The highest BCUT2D eigenvalue weighted by Gasteiger charge is 2.67. The summed E-state index contributed by atoms with van der Waals surface area (Å²) in [5.74, 6) is -4.02. The summed E-state index contributed by atoms with van der Waals surface area (Å²) >= 11 is 0. The largest absolute Gasteiger partial charge is 0.507 e. The van der Waals surface area contributed by atoms with Gasteiger partial charge in [0.05, 0.1) is 11.6 Å². The number of ketones is 3.